The number of hydrazine groups is 1. The first-order chi connectivity index (χ1) is 16.8. The Kier molecular flexibility index (Phi) is 7.35. The Morgan fingerprint density at radius 2 is 1.77 bits per heavy atom. The van der Waals surface area contributed by atoms with Crippen LogP contribution >= 0.6 is 0 Å². The zero-order chi connectivity index (χ0) is 25.1. The van der Waals surface area contributed by atoms with Crippen LogP contribution in [0.4, 0.5) is 9.18 Å². The van der Waals surface area contributed by atoms with Crippen LogP contribution in [-0.4, -0.2) is 70.0 Å². The quantitative estimate of drug-likeness (QED) is 0.689. The third-order valence-corrected chi connectivity index (χ3v) is 6.84. The average molecular weight is 482 g/mol. The van der Waals surface area contributed by atoms with Gasteiger partial charge in [-0.05, 0) is 29.2 Å². The minimum atomic E-state index is -0.676. The van der Waals surface area contributed by atoms with E-state index in [0.717, 1.165) is 11.1 Å². The number of hydrogen-bond acceptors (Lipinski definition) is 4. The first-order valence-corrected chi connectivity index (χ1v) is 12.0. The van der Waals surface area contributed by atoms with Gasteiger partial charge in [0.1, 0.15) is 18.0 Å². The maximum atomic E-state index is 13.6. The number of rotatable bonds is 6. The van der Waals surface area contributed by atoms with Gasteiger partial charge in [-0.1, -0.05) is 62.7 Å². The van der Waals surface area contributed by atoms with Gasteiger partial charge in [0.2, 0.25) is 11.8 Å². The molecule has 0 aromatic heterocycles. The van der Waals surface area contributed by atoms with E-state index in [1.165, 1.54) is 12.1 Å². The lowest BCUT2D eigenvalue weighted by Crippen LogP contribution is -2.76. The second-order valence-corrected chi connectivity index (χ2v) is 9.26. The van der Waals surface area contributed by atoms with Crippen LogP contribution in [0.1, 0.15) is 31.4 Å². The van der Waals surface area contributed by atoms with Gasteiger partial charge in [0, 0.05) is 20.1 Å². The van der Waals surface area contributed by atoms with Gasteiger partial charge in [-0.25, -0.2) is 19.2 Å². The summed E-state index contributed by atoms with van der Waals surface area (Å²) in [7, 11) is 1.70. The third kappa shape index (κ3) is 5.14. The second kappa shape index (κ2) is 10.4. The molecule has 186 valence electrons. The van der Waals surface area contributed by atoms with Crippen molar-refractivity contribution in [1.29, 1.82) is 0 Å². The SMILES string of the molecule is CCC(C)[C@H]1C(=O)N(Cc2ccc(F)cc2)C[C@H]2N1C(=O)CN(C)N2C(=O)NCc1ccccc1. The molecule has 4 amide bonds. The number of likely N-dealkylation sites (N-methyl/N-ethyl adjacent to an activating group) is 1. The molecule has 0 spiro atoms. The molecule has 2 aliphatic rings. The maximum absolute atomic E-state index is 13.6. The zero-order valence-electron chi connectivity index (χ0n) is 20.4. The third-order valence-electron chi connectivity index (χ3n) is 6.84. The van der Waals surface area contributed by atoms with Gasteiger partial charge in [0.05, 0.1) is 13.1 Å². The van der Waals surface area contributed by atoms with Crippen LogP contribution in [0.25, 0.3) is 0 Å². The molecule has 35 heavy (non-hydrogen) atoms. The lowest BCUT2D eigenvalue weighted by atomic mass is 9.92. The van der Waals surface area contributed by atoms with Crippen molar-refractivity contribution in [3.63, 3.8) is 0 Å². The number of amides is 4. The van der Waals surface area contributed by atoms with E-state index in [4.69, 9.17) is 0 Å². The van der Waals surface area contributed by atoms with Gasteiger partial charge in [-0.15, -0.1) is 0 Å². The monoisotopic (exact) mass is 481 g/mol. The number of carbonyl (C=O) groups excluding carboxylic acids is 3. The number of piperazine rings is 1. The normalized spacial score (nSPS) is 21.7. The minimum absolute atomic E-state index is 0.00737. The molecule has 0 bridgehead atoms. The van der Waals surface area contributed by atoms with E-state index in [1.807, 2.05) is 44.2 Å². The van der Waals surface area contributed by atoms with Crippen molar-refractivity contribution in [3.05, 3.63) is 71.5 Å². The summed E-state index contributed by atoms with van der Waals surface area (Å²) in [5, 5.41) is 6.11. The van der Waals surface area contributed by atoms with E-state index in [0.29, 0.717) is 13.0 Å². The molecule has 3 atom stereocenters. The maximum Gasteiger partial charge on any atom is 0.334 e. The average Bonchev–Trinajstić information content (AvgIpc) is 2.85. The number of carbonyl (C=O) groups is 3. The molecule has 0 aliphatic carbocycles. The summed E-state index contributed by atoms with van der Waals surface area (Å²) in [6.45, 7) is 4.72. The van der Waals surface area contributed by atoms with E-state index in [2.05, 4.69) is 5.32 Å². The van der Waals surface area contributed by atoms with Crippen LogP contribution in [0.5, 0.6) is 0 Å². The Morgan fingerprint density at radius 3 is 2.43 bits per heavy atom. The molecule has 4 rings (SSSR count). The second-order valence-electron chi connectivity index (χ2n) is 9.26. The summed E-state index contributed by atoms with van der Waals surface area (Å²) in [5.74, 6) is -0.766. The molecular formula is C26H32FN5O3. The van der Waals surface area contributed by atoms with Crippen molar-refractivity contribution in [1.82, 2.24) is 25.1 Å². The van der Waals surface area contributed by atoms with Crippen molar-refractivity contribution in [2.75, 3.05) is 20.1 Å². The van der Waals surface area contributed by atoms with E-state index in [-0.39, 0.29) is 49.2 Å². The predicted octanol–water partition coefficient (Wildman–Crippen LogP) is 2.81. The Bertz CT molecular complexity index is 1060. The summed E-state index contributed by atoms with van der Waals surface area (Å²) >= 11 is 0. The van der Waals surface area contributed by atoms with Gasteiger partial charge in [-0.2, -0.15) is 0 Å². The van der Waals surface area contributed by atoms with Crippen molar-refractivity contribution >= 4 is 17.8 Å². The highest BCUT2D eigenvalue weighted by Crippen LogP contribution is 2.31. The fourth-order valence-corrected chi connectivity index (χ4v) is 4.80. The van der Waals surface area contributed by atoms with Crippen molar-refractivity contribution in [2.45, 2.75) is 45.6 Å². The van der Waals surface area contributed by atoms with Crippen LogP contribution in [0.15, 0.2) is 54.6 Å². The lowest BCUT2D eigenvalue weighted by molar-refractivity contribution is -0.190. The van der Waals surface area contributed by atoms with Crippen LogP contribution in [0, 0.1) is 11.7 Å². The molecule has 8 nitrogen and oxygen atoms in total. The summed E-state index contributed by atoms with van der Waals surface area (Å²) in [6, 6.07) is 14.6. The molecule has 1 unspecified atom stereocenters. The van der Waals surface area contributed by atoms with E-state index in [1.54, 1.807) is 39.0 Å². The highest BCUT2D eigenvalue weighted by atomic mass is 19.1. The fourth-order valence-electron chi connectivity index (χ4n) is 4.80. The summed E-state index contributed by atoms with van der Waals surface area (Å²) in [4.78, 5) is 43.4. The first-order valence-electron chi connectivity index (χ1n) is 12.0. The molecule has 2 aliphatic heterocycles. The van der Waals surface area contributed by atoms with E-state index in [9.17, 15) is 18.8 Å². The largest absolute Gasteiger partial charge is 0.334 e. The number of halogens is 1. The highest BCUT2D eigenvalue weighted by molar-refractivity contribution is 5.91. The van der Waals surface area contributed by atoms with Gasteiger partial charge in [0.25, 0.3) is 0 Å². The molecule has 2 fully saturated rings. The number of fused-ring (bicyclic) bond motifs is 1. The number of nitrogens with one attached hydrogen (secondary N) is 1. The Hall–Kier alpha value is -3.46. The van der Waals surface area contributed by atoms with Gasteiger partial charge in [-0.3, -0.25) is 9.59 Å². The van der Waals surface area contributed by atoms with Gasteiger partial charge in [0.15, 0.2) is 0 Å². The highest BCUT2D eigenvalue weighted by Gasteiger charge is 2.51. The molecule has 2 heterocycles. The Balaban J connectivity index is 1.62. The summed E-state index contributed by atoms with van der Waals surface area (Å²) < 4.78 is 13.4. The zero-order valence-corrected chi connectivity index (χ0v) is 20.4. The predicted molar refractivity (Wildman–Crippen MR) is 129 cm³/mol. The molecule has 0 saturated carbocycles. The van der Waals surface area contributed by atoms with E-state index >= 15 is 0 Å². The van der Waals surface area contributed by atoms with Crippen molar-refractivity contribution in [3.8, 4) is 0 Å². The molecule has 2 aromatic rings. The standard InChI is InChI=1S/C26H32FN5O3/c1-4-18(2)24-25(34)30(15-20-10-12-21(27)13-11-20)16-22-31(24)23(33)17-29(3)32(22)26(35)28-14-19-8-6-5-7-9-19/h5-13,18,22,24H,4,14-17H2,1-3H3,(H,28,35)/t18?,22-,24-/m0/s1. The van der Waals surface area contributed by atoms with Crippen molar-refractivity contribution < 1.29 is 18.8 Å². The van der Waals surface area contributed by atoms with Gasteiger partial charge < -0.3 is 15.1 Å². The molecule has 0 radical (unpaired) electrons. The van der Waals surface area contributed by atoms with Crippen LogP contribution in [0.2, 0.25) is 0 Å². The Morgan fingerprint density at radius 1 is 1.09 bits per heavy atom. The van der Waals surface area contributed by atoms with Crippen LogP contribution in [0.3, 0.4) is 0 Å². The lowest BCUT2D eigenvalue weighted by Gasteiger charge is -2.55. The van der Waals surface area contributed by atoms with Crippen LogP contribution < -0.4 is 5.32 Å². The number of nitrogens with zero attached hydrogens (tertiary/aromatic N) is 4. The fraction of sp³-hybridized carbons (Fsp3) is 0.423. The Labute approximate surface area is 205 Å². The minimum Gasteiger partial charge on any atom is -0.333 e. The molecule has 2 saturated heterocycles. The number of hydrogen-bond donors (Lipinski definition) is 1. The molecule has 1 N–H and O–H groups in total. The van der Waals surface area contributed by atoms with Crippen molar-refractivity contribution in [2.24, 2.45) is 5.92 Å². The summed E-state index contributed by atoms with van der Waals surface area (Å²) in [6.07, 6.45) is 0.0574. The topological polar surface area (TPSA) is 76.2 Å². The molecule has 9 heteroatoms. The summed E-state index contributed by atoms with van der Waals surface area (Å²) in [5.41, 5.74) is 1.74. The smallest absolute Gasteiger partial charge is 0.333 e. The number of benzene rings is 2. The van der Waals surface area contributed by atoms with Crippen LogP contribution in [-0.2, 0) is 22.7 Å². The molecular weight excluding hydrogens is 449 g/mol. The molecule has 2 aromatic carbocycles. The van der Waals surface area contributed by atoms with Gasteiger partial charge >= 0.3 is 6.03 Å². The van der Waals surface area contributed by atoms with E-state index < -0.39 is 12.2 Å². The first kappa shape index (κ1) is 24.7. The number of urea groups is 1.